The molecule has 0 saturated heterocycles. The molecule has 4 heteroatoms. The van der Waals surface area contributed by atoms with E-state index in [0.29, 0.717) is 24.3 Å². The quantitative estimate of drug-likeness (QED) is 0.814. The predicted molar refractivity (Wildman–Crippen MR) is 80.1 cm³/mol. The number of nitrogens with two attached hydrogens (primary N) is 1. The van der Waals surface area contributed by atoms with E-state index in [4.69, 9.17) is 11.0 Å². The van der Waals surface area contributed by atoms with E-state index >= 15 is 0 Å². The average molecular weight is 267 g/mol. The zero-order chi connectivity index (χ0) is 14.4. The molecule has 4 nitrogen and oxygen atoms in total. The van der Waals surface area contributed by atoms with Gasteiger partial charge in [0.15, 0.2) is 0 Å². The van der Waals surface area contributed by atoms with Crippen LogP contribution in [-0.4, -0.2) is 18.3 Å². The van der Waals surface area contributed by atoms with Crippen LogP contribution in [0.2, 0.25) is 0 Å². The van der Waals surface area contributed by atoms with E-state index in [-0.39, 0.29) is 6.61 Å². The van der Waals surface area contributed by atoms with Crippen LogP contribution in [0, 0.1) is 11.3 Å². The van der Waals surface area contributed by atoms with Gasteiger partial charge in [-0.15, -0.1) is 0 Å². The Balaban J connectivity index is 2.27. The molecule has 0 aliphatic heterocycles. The highest BCUT2D eigenvalue weighted by Crippen LogP contribution is 2.22. The van der Waals surface area contributed by atoms with Crippen molar-refractivity contribution in [2.45, 2.75) is 6.54 Å². The highest BCUT2D eigenvalue weighted by Gasteiger charge is 2.09. The molecule has 3 N–H and O–H groups in total. The molecule has 0 aliphatic carbocycles. The Bertz CT molecular complexity index is 605. The lowest BCUT2D eigenvalue weighted by Crippen LogP contribution is -2.26. The van der Waals surface area contributed by atoms with E-state index in [1.807, 2.05) is 41.3 Å². The summed E-state index contributed by atoms with van der Waals surface area (Å²) in [6.45, 7) is 1.24. The molecule has 0 atom stereocenters. The molecular formula is C16H17N3O. The summed E-state index contributed by atoms with van der Waals surface area (Å²) in [6, 6.07) is 17.4. The standard InChI is InChI=1S/C16H17N3O/c17-11-14-10-15(6-7-16(14)18)19(8-9-20)12-13-4-2-1-3-5-13/h1-7,10,20H,8-9,12,18H2. The van der Waals surface area contributed by atoms with Crippen molar-refractivity contribution in [2.24, 2.45) is 0 Å². The minimum atomic E-state index is 0.0547. The van der Waals surface area contributed by atoms with Gasteiger partial charge in [-0.3, -0.25) is 0 Å². The van der Waals surface area contributed by atoms with Crippen molar-refractivity contribution in [2.75, 3.05) is 23.8 Å². The maximum Gasteiger partial charge on any atom is 0.101 e. The van der Waals surface area contributed by atoms with Gasteiger partial charge in [-0.2, -0.15) is 5.26 Å². The van der Waals surface area contributed by atoms with Crippen LogP contribution >= 0.6 is 0 Å². The van der Waals surface area contributed by atoms with E-state index in [1.54, 1.807) is 12.1 Å². The first-order valence-electron chi connectivity index (χ1n) is 6.44. The number of benzene rings is 2. The van der Waals surface area contributed by atoms with Gasteiger partial charge < -0.3 is 15.7 Å². The van der Waals surface area contributed by atoms with Crippen LogP contribution in [0.1, 0.15) is 11.1 Å². The first kappa shape index (κ1) is 13.9. The van der Waals surface area contributed by atoms with Crippen LogP contribution in [0.15, 0.2) is 48.5 Å². The van der Waals surface area contributed by atoms with Crippen LogP contribution in [0.3, 0.4) is 0 Å². The third kappa shape index (κ3) is 3.28. The third-order valence-corrected chi connectivity index (χ3v) is 3.11. The SMILES string of the molecule is N#Cc1cc(N(CCO)Cc2ccccc2)ccc1N. The molecule has 2 aromatic rings. The van der Waals surface area contributed by atoms with Crippen LogP contribution in [0.25, 0.3) is 0 Å². The summed E-state index contributed by atoms with van der Waals surface area (Å²) in [5.41, 5.74) is 8.70. The summed E-state index contributed by atoms with van der Waals surface area (Å²) in [7, 11) is 0. The molecule has 0 aromatic heterocycles. The lowest BCUT2D eigenvalue weighted by molar-refractivity contribution is 0.301. The first-order chi connectivity index (χ1) is 9.74. The molecule has 0 radical (unpaired) electrons. The van der Waals surface area contributed by atoms with Crippen molar-refractivity contribution >= 4 is 11.4 Å². The molecule has 0 bridgehead atoms. The number of hydrogen-bond donors (Lipinski definition) is 2. The number of nitrogens with zero attached hydrogens (tertiary/aromatic N) is 2. The molecule has 0 saturated carbocycles. The van der Waals surface area contributed by atoms with Gasteiger partial charge >= 0.3 is 0 Å². The fourth-order valence-electron chi connectivity index (χ4n) is 2.06. The summed E-state index contributed by atoms with van der Waals surface area (Å²) < 4.78 is 0. The Morgan fingerprint density at radius 3 is 2.55 bits per heavy atom. The molecule has 0 spiro atoms. The highest BCUT2D eigenvalue weighted by molar-refractivity contribution is 5.62. The van der Waals surface area contributed by atoms with Crippen LogP contribution in [-0.2, 0) is 6.54 Å². The number of nitrogen functional groups attached to an aromatic ring is 1. The van der Waals surface area contributed by atoms with Crippen LogP contribution in [0.5, 0.6) is 0 Å². The van der Waals surface area contributed by atoms with E-state index in [9.17, 15) is 5.11 Å². The predicted octanol–water partition coefficient (Wildman–Crippen LogP) is 2.14. The van der Waals surface area contributed by atoms with Gasteiger partial charge in [0, 0.05) is 24.5 Å². The smallest absolute Gasteiger partial charge is 0.101 e. The summed E-state index contributed by atoms with van der Waals surface area (Å²) in [5.74, 6) is 0. The van der Waals surface area contributed by atoms with Gasteiger partial charge in [0.2, 0.25) is 0 Å². The van der Waals surface area contributed by atoms with Gasteiger partial charge in [0.05, 0.1) is 12.2 Å². The summed E-state index contributed by atoms with van der Waals surface area (Å²) >= 11 is 0. The van der Waals surface area contributed by atoms with Crippen molar-refractivity contribution in [1.29, 1.82) is 5.26 Å². The maximum absolute atomic E-state index is 9.23. The maximum atomic E-state index is 9.23. The second kappa shape index (κ2) is 6.60. The second-order valence-electron chi connectivity index (χ2n) is 4.51. The van der Waals surface area contributed by atoms with Crippen molar-refractivity contribution in [3.8, 4) is 6.07 Å². The Morgan fingerprint density at radius 2 is 1.90 bits per heavy atom. The molecule has 0 heterocycles. The van der Waals surface area contributed by atoms with E-state index in [1.165, 1.54) is 0 Å². The van der Waals surface area contributed by atoms with Gasteiger partial charge in [-0.05, 0) is 23.8 Å². The van der Waals surface area contributed by atoms with Crippen molar-refractivity contribution < 1.29 is 5.11 Å². The molecule has 0 unspecified atom stereocenters. The Kier molecular flexibility index (Phi) is 4.59. The zero-order valence-corrected chi connectivity index (χ0v) is 11.2. The summed E-state index contributed by atoms with van der Waals surface area (Å²) in [6.07, 6.45) is 0. The van der Waals surface area contributed by atoms with E-state index in [2.05, 4.69) is 6.07 Å². The first-order valence-corrected chi connectivity index (χ1v) is 6.44. The van der Waals surface area contributed by atoms with Gasteiger partial charge in [0.25, 0.3) is 0 Å². The summed E-state index contributed by atoms with van der Waals surface area (Å²) in [5, 5.41) is 18.3. The number of anilines is 2. The minimum Gasteiger partial charge on any atom is -0.398 e. The molecule has 0 aliphatic rings. The summed E-state index contributed by atoms with van der Waals surface area (Å²) in [4.78, 5) is 2.02. The van der Waals surface area contributed by atoms with Crippen molar-refractivity contribution in [3.63, 3.8) is 0 Å². The number of aliphatic hydroxyl groups is 1. The number of nitriles is 1. The van der Waals surface area contributed by atoms with Gasteiger partial charge in [0.1, 0.15) is 6.07 Å². The Hall–Kier alpha value is -2.51. The monoisotopic (exact) mass is 267 g/mol. The molecular weight excluding hydrogens is 250 g/mol. The number of aliphatic hydroxyl groups excluding tert-OH is 1. The zero-order valence-electron chi connectivity index (χ0n) is 11.2. The van der Waals surface area contributed by atoms with Crippen LogP contribution < -0.4 is 10.6 Å². The van der Waals surface area contributed by atoms with Crippen LogP contribution in [0.4, 0.5) is 11.4 Å². The molecule has 0 fully saturated rings. The highest BCUT2D eigenvalue weighted by atomic mass is 16.3. The second-order valence-corrected chi connectivity index (χ2v) is 4.51. The molecule has 102 valence electrons. The topological polar surface area (TPSA) is 73.3 Å². The van der Waals surface area contributed by atoms with E-state index in [0.717, 1.165) is 11.3 Å². The molecule has 20 heavy (non-hydrogen) atoms. The third-order valence-electron chi connectivity index (χ3n) is 3.11. The normalized spacial score (nSPS) is 10.0. The lowest BCUT2D eigenvalue weighted by Gasteiger charge is -2.24. The molecule has 2 aromatic carbocycles. The molecule has 0 amide bonds. The largest absolute Gasteiger partial charge is 0.398 e. The fraction of sp³-hybridized carbons (Fsp3) is 0.188. The average Bonchev–Trinajstić information content (AvgIpc) is 2.48. The molecule has 2 rings (SSSR count). The van der Waals surface area contributed by atoms with Gasteiger partial charge in [-0.25, -0.2) is 0 Å². The Morgan fingerprint density at radius 1 is 1.15 bits per heavy atom. The van der Waals surface area contributed by atoms with E-state index < -0.39 is 0 Å². The number of hydrogen-bond acceptors (Lipinski definition) is 4. The minimum absolute atomic E-state index is 0.0547. The fourth-order valence-corrected chi connectivity index (χ4v) is 2.06. The Labute approximate surface area is 118 Å². The van der Waals surface area contributed by atoms with Crippen molar-refractivity contribution in [3.05, 3.63) is 59.7 Å². The number of rotatable bonds is 5. The van der Waals surface area contributed by atoms with Crippen molar-refractivity contribution in [1.82, 2.24) is 0 Å². The lowest BCUT2D eigenvalue weighted by atomic mass is 10.1. The van der Waals surface area contributed by atoms with Gasteiger partial charge in [-0.1, -0.05) is 30.3 Å².